The summed E-state index contributed by atoms with van der Waals surface area (Å²) >= 11 is 0. The van der Waals surface area contributed by atoms with E-state index in [4.69, 9.17) is 13.6 Å². The van der Waals surface area contributed by atoms with Crippen LogP contribution in [0.1, 0.15) is 61.8 Å². The van der Waals surface area contributed by atoms with Crippen LogP contribution in [0.25, 0.3) is 0 Å². The van der Waals surface area contributed by atoms with Crippen molar-refractivity contribution in [3.63, 3.8) is 0 Å². The second kappa shape index (κ2) is 8.01. The molecule has 0 bridgehead atoms. The molecule has 2 fully saturated rings. The van der Waals surface area contributed by atoms with Gasteiger partial charge in [-0.1, -0.05) is 47.1 Å². The maximum atomic E-state index is 13.2. The number of ketones is 1. The Balaban J connectivity index is 2.29. The summed E-state index contributed by atoms with van der Waals surface area (Å²) in [7, 11) is -3.96. The van der Waals surface area contributed by atoms with Gasteiger partial charge < -0.3 is 13.6 Å². The van der Waals surface area contributed by atoms with Gasteiger partial charge in [-0.2, -0.15) is 0 Å². The third-order valence-corrected chi connectivity index (χ3v) is 16.4. The first kappa shape index (κ1) is 25.0. The summed E-state index contributed by atoms with van der Waals surface area (Å²) in [6.45, 7) is 26.5. The minimum atomic E-state index is -2.02. The molecule has 5 atom stereocenters. The van der Waals surface area contributed by atoms with Crippen LogP contribution in [-0.4, -0.2) is 46.8 Å². The number of carbonyl (C=O) groups is 1. The monoisotopic (exact) mass is 440 g/mol. The van der Waals surface area contributed by atoms with Gasteiger partial charge in [0, 0.05) is 0 Å². The Morgan fingerprint density at radius 1 is 0.897 bits per heavy atom. The molecular weight excluding hydrogens is 396 g/mol. The van der Waals surface area contributed by atoms with Crippen LogP contribution in [0.15, 0.2) is 11.6 Å². The number of fused-ring (bicyclic) bond motifs is 1. The molecule has 0 spiro atoms. The van der Waals surface area contributed by atoms with Crippen molar-refractivity contribution in [2.45, 2.75) is 122 Å². The van der Waals surface area contributed by atoms with Crippen LogP contribution < -0.4 is 0 Å². The van der Waals surface area contributed by atoms with E-state index >= 15 is 0 Å². The number of hydrogen-bond donors (Lipinski definition) is 0. The van der Waals surface area contributed by atoms with Crippen LogP contribution in [0.2, 0.25) is 36.3 Å². The zero-order valence-electron chi connectivity index (χ0n) is 20.8. The van der Waals surface area contributed by atoms with E-state index in [1.54, 1.807) is 6.08 Å². The van der Waals surface area contributed by atoms with Crippen LogP contribution in [0.5, 0.6) is 0 Å². The second-order valence-electron chi connectivity index (χ2n) is 12.3. The number of allylic oxidation sites excluding steroid dienone is 2. The van der Waals surface area contributed by atoms with Gasteiger partial charge in [-0.3, -0.25) is 4.79 Å². The molecule has 1 heterocycles. The highest BCUT2D eigenvalue weighted by Gasteiger charge is 2.61. The second-order valence-corrected chi connectivity index (χ2v) is 21.8. The molecule has 0 aromatic rings. The molecule has 29 heavy (non-hydrogen) atoms. The lowest BCUT2D eigenvalue weighted by Gasteiger charge is -2.44. The predicted molar refractivity (Wildman–Crippen MR) is 125 cm³/mol. The van der Waals surface area contributed by atoms with E-state index in [1.807, 2.05) is 13.8 Å². The molecule has 2 rings (SSSR count). The third kappa shape index (κ3) is 5.51. The molecular formula is C23H44O4Si2. The highest BCUT2D eigenvalue weighted by Crippen LogP contribution is 2.49. The standard InChI is InChI=1S/C23H44O4Si2/c1-15(2)13-17(24)16-14-18(26-28(9,10)22(3,4)5)20-21(25-20)19(16)27-29(11,12)23(6,7)8/h13,16,18-21H,14H2,1-12H3/t16-,18+,19-,20-,21+/m0/s1. The Hall–Kier alpha value is -0.276. The molecule has 168 valence electrons. The van der Waals surface area contributed by atoms with Crippen molar-refractivity contribution >= 4 is 22.4 Å². The van der Waals surface area contributed by atoms with Gasteiger partial charge in [0.2, 0.25) is 0 Å². The van der Waals surface area contributed by atoms with E-state index in [9.17, 15) is 4.79 Å². The van der Waals surface area contributed by atoms with Gasteiger partial charge in [-0.25, -0.2) is 0 Å². The molecule has 4 nitrogen and oxygen atoms in total. The Labute approximate surface area is 181 Å². The van der Waals surface area contributed by atoms with Crippen LogP contribution in [0.3, 0.4) is 0 Å². The zero-order valence-corrected chi connectivity index (χ0v) is 22.8. The summed E-state index contributed by atoms with van der Waals surface area (Å²) in [5.74, 6) is -0.0379. The number of ether oxygens (including phenoxy) is 1. The first-order valence-corrected chi connectivity index (χ1v) is 16.9. The molecule has 0 unspecified atom stereocenters. The summed E-state index contributed by atoms with van der Waals surface area (Å²) in [5.41, 5.74) is 1.03. The van der Waals surface area contributed by atoms with E-state index in [0.717, 1.165) is 5.57 Å². The van der Waals surface area contributed by atoms with Crippen molar-refractivity contribution in [2.24, 2.45) is 5.92 Å². The summed E-state index contributed by atoms with van der Waals surface area (Å²) < 4.78 is 19.6. The number of rotatable bonds is 6. The fourth-order valence-electron chi connectivity index (χ4n) is 3.45. The quantitative estimate of drug-likeness (QED) is 0.285. The minimum absolute atomic E-state index is 0.0142. The van der Waals surface area contributed by atoms with Crippen molar-refractivity contribution in [3.8, 4) is 0 Å². The SMILES string of the molecule is CC(C)=CC(=O)[C@@H]1C[C@@H](O[Si](C)(C)C(C)(C)C)[C@@H]2O[C@@H]2[C@H]1O[Si](C)(C)C(C)(C)C. The summed E-state index contributed by atoms with van der Waals surface area (Å²) in [4.78, 5) is 13.2. The van der Waals surface area contributed by atoms with Crippen molar-refractivity contribution < 1.29 is 18.4 Å². The molecule has 6 heteroatoms. The fourth-order valence-corrected chi connectivity index (χ4v) is 6.13. The van der Waals surface area contributed by atoms with Gasteiger partial charge in [-0.15, -0.1) is 0 Å². The van der Waals surface area contributed by atoms with E-state index < -0.39 is 16.6 Å². The van der Waals surface area contributed by atoms with Crippen molar-refractivity contribution in [1.82, 2.24) is 0 Å². The van der Waals surface area contributed by atoms with Crippen LogP contribution in [0, 0.1) is 5.92 Å². The molecule has 0 N–H and O–H groups in total. The van der Waals surface area contributed by atoms with Crippen LogP contribution >= 0.6 is 0 Å². The fraction of sp³-hybridized carbons (Fsp3) is 0.870. The van der Waals surface area contributed by atoms with Gasteiger partial charge in [-0.05, 0) is 62.6 Å². The Morgan fingerprint density at radius 2 is 1.38 bits per heavy atom. The molecule has 0 radical (unpaired) electrons. The van der Waals surface area contributed by atoms with Gasteiger partial charge >= 0.3 is 0 Å². The lowest BCUT2D eigenvalue weighted by molar-refractivity contribution is -0.123. The van der Waals surface area contributed by atoms with Crippen LogP contribution in [0.4, 0.5) is 0 Å². The molecule has 1 aliphatic heterocycles. The smallest absolute Gasteiger partial charge is 0.192 e. The van der Waals surface area contributed by atoms with Gasteiger partial charge in [0.25, 0.3) is 0 Å². The molecule has 2 aliphatic rings. The molecule has 0 aromatic carbocycles. The average Bonchev–Trinajstić information content (AvgIpc) is 3.26. The van der Waals surface area contributed by atoms with E-state index in [-0.39, 0.29) is 46.2 Å². The number of hydrogen-bond acceptors (Lipinski definition) is 4. The highest BCUT2D eigenvalue weighted by atomic mass is 28.4. The normalized spacial score (nSPS) is 30.6. The maximum absolute atomic E-state index is 13.2. The molecule has 1 saturated carbocycles. The lowest BCUT2D eigenvalue weighted by Crippen LogP contribution is -2.54. The first-order valence-electron chi connectivity index (χ1n) is 11.1. The Kier molecular flexibility index (Phi) is 6.90. The molecule has 1 saturated heterocycles. The molecule has 1 aliphatic carbocycles. The summed E-state index contributed by atoms with van der Waals surface area (Å²) in [6.07, 6.45) is 2.33. The first-order chi connectivity index (χ1) is 12.9. The third-order valence-electron chi connectivity index (χ3n) is 7.42. The predicted octanol–water partition coefficient (Wildman–Crippen LogP) is 6.09. The minimum Gasteiger partial charge on any atom is -0.411 e. The van der Waals surface area contributed by atoms with Crippen molar-refractivity contribution in [2.75, 3.05) is 0 Å². The van der Waals surface area contributed by atoms with Gasteiger partial charge in [0.15, 0.2) is 22.4 Å². The van der Waals surface area contributed by atoms with Crippen molar-refractivity contribution in [3.05, 3.63) is 11.6 Å². The average molecular weight is 441 g/mol. The zero-order chi connectivity index (χ0) is 22.6. The molecule has 0 aromatic heterocycles. The van der Waals surface area contributed by atoms with Gasteiger partial charge in [0.05, 0.1) is 18.1 Å². The number of epoxide rings is 1. The van der Waals surface area contributed by atoms with Crippen LogP contribution in [-0.2, 0) is 18.4 Å². The highest BCUT2D eigenvalue weighted by molar-refractivity contribution is 6.74. The van der Waals surface area contributed by atoms with Crippen molar-refractivity contribution in [1.29, 1.82) is 0 Å². The van der Waals surface area contributed by atoms with E-state index in [2.05, 4.69) is 67.7 Å². The topological polar surface area (TPSA) is 48.1 Å². The van der Waals surface area contributed by atoms with Gasteiger partial charge in [0.1, 0.15) is 12.2 Å². The largest absolute Gasteiger partial charge is 0.411 e. The summed E-state index contributed by atoms with van der Waals surface area (Å²) in [5, 5.41) is 0.223. The number of carbonyl (C=O) groups excluding carboxylic acids is 1. The maximum Gasteiger partial charge on any atom is 0.192 e. The Bertz CT molecular complexity index is 651. The Morgan fingerprint density at radius 3 is 1.83 bits per heavy atom. The lowest BCUT2D eigenvalue weighted by atomic mass is 9.81. The molecule has 0 amide bonds. The van der Waals surface area contributed by atoms with E-state index in [0.29, 0.717) is 6.42 Å². The van der Waals surface area contributed by atoms with E-state index in [1.165, 1.54) is 0 Å². The summed E-state index contributed by atoms with van der Waals surface area (Å²) in [6, 6.07) is 0.